The van der Waals surface area contributed by atoms with Crippen LogP contribution < -0.4 is 11.3 Å². The second-order valence-electron chi connectivity index (χ2n) is 4.97. The number of hydrogen-bond acceptors (Lipinski definition) is 4. The minimum atomic E-state index is -0.00130. The Morgan fingerprint density at radius 2 is 2.11 bits per heavy atom. The lowest BCUT2D eigenvalue weighted by Crippen LogP contribution is -2.30. The number of amides is 1. The number of hydrogen-bond donors (Lipinski definition) is 2. The van der Waals surface area contributed by atoms with Crippen LogP contribution in [0.5, 0.6) is 0 Å². The molecule has 1 saturated carbocycles. The van der Waals surface area contributed by atoms with E-state index in [2.05, 4.69) is 5.43 Å². The molecule has 2 rings (SSSR count). The van der Waals surface area contributed by atoms with E-state index in [1.807, 2.05) is 0 Å². The van der Waals surface area contributed by atoms with E-state index in [9.17, 15) is 4.79 Å². The van der Waals surface area contributed by atoms with Crippen LogP contribution >= 0.6 is 0 Å². The molecule has 0 unspecified atom stereocenters. The fraction of sp³-hybridized carbons (Fsp3) is 0.500. The zero-order valence-electron chi connectivity index (χ0n) is 11.3. The summed E-state index contributed by atoms with van der Waals surface area (Å²) in [6.07, 6.45) is 2.58. The van der Waals surface area contributed by atoms with Crippen molar-refractivity contribution >= 4 is 11.6 Å². The maximum Gasteiger partial charge on any atom is 0.253 e. The van der Waals surface area contributed by atoms with E-state index >= 15 is 0 Å². The summed E-state index contributed by atoms with van der Waals surface area (Å²) < 4.78 is 5.53. The van der Waals surface area contributed by atoms with E-state index in [0.29, 0.717) is 18.7 Å². The molecule has 0 saturated heterocycles. The van der Waals surface area contributed by atoms with Crippen LogP contribution in [-0.4, -0.2) is 37.6 Å². The quantitative estimate of drug-likeness (QED) is 0.444. The highest BCUT2D eigenvalue weighted by Gasteiger charge is 2.21. The Hall–Kier alpha value is -1.59. The van der Waals surface area contributed by atoms with Gasteiger partial charge in [0.05, 0.1) is 6.61 Å². The van der Waals surface area contributed by atoms with Crippen LogP contribution in [0.1, 0.15) is 23.2 Å². The maximum atomic E-state index is 12.1. The van der Waals surface area contributed by atoms with Gasteiger partial charge >= 0.3 is 0 Å². The summed E-state index contributed by atoms with van der Waals surface area (Å²) in [5, 5.41) is 0. The molecule has 0 spiro atoms. The van der Waals surface area contributed by atoms with E-state index in [0.717, 1.165) is 18.2 Å². The van der Waals surface area contributed by atoms with Gasteiger partial charge in [-0.2, -0.15) is 0 Å². The van der Waals surface area contributed by atoms with Gasteiger partial charge in [0, 0.05) is 31.5 Å². The highest BCUT2D eigenvalue weighted by atomic mass is 16.5. The largest absolute Gasteiger partial charge is 0.379 e. The van der Waals surface area contributed by atoms with Crippen molar-refractivity contribution in [2.75, 3.05) is 32.2 Å². The van der Waals surface area contributed by atoms with Crippen molar-refractivity contribution in [2.24, 2.45) is 11.8 Å². The molecule has 0 radical (unpaired) electrons. The molecule has 1 aromatic rings. The van der Waals surface area contributed by atoms with Crippen LogP contribution in [0.3, 0.4) is 0 Å². The minimum Gasteiger partial charge on any atom is -0.379 e. The van der Waals surface area contributed by atoms with Crippen molar-refractivity contribution in [1.82, 2.24) is 4.90 Å². The van der Waals surface area contributed by atoms with Gasteiger partial charge in [-0.15, -0.1) is 0 Å². The highest BCUT2D eigenvalue weighted by Crippen LogP contribution is 2.28. The number of benzene rings is 1. The van der Waals surface area contributed by atoms with Crippen molar-refractivity contribution < 1.29 is 9.53 Å². The lowest BCUT2D eigenvalue weighted by Gasteiger charge is -2.17. The van der Waals surface area contributed by atoms with Crippen molar-refractivity contribution in [3.8, 4) is 0 Å². The monoisotopic (exact) mass is 263 g/mol. The Morgan fingerprint density at radius 1 is 1.42 bits per heavy atom. The number of nitrogen functional groups attached to an aromatic ring is 1. The SMILES string of the molecule is CN(CCOCC1CC1)C(=O)c1ccc(NN)cc1. The third-order valence-electron chi connectivity index (χ3n) is 3.27. The van der Waals surface area contributed by atoms with E-state index in [1.54, 1.807) is 36.2 Å². The first-order valence-electron chi connectivity index (χ1n) is 6.60. The number of hydrazine groups is 1. The van der Waals surface area contributed by atoms with E-state index in [-0.39, 0.29) is 5.91 Å². The number of nitrogens with two attached hydrogens (primary N) is 1. The third-order valence-corrected chi connectivity index (χ3v) is 3.27. The molecule has 1 amide bonds. The van der Waals surface area contributed by atoms with Gasteiger partial charge in [-0.05, 0) is 43.0 Å². The van der Waals surface area contributed by atoms with Crippen molar-refractivity contribution in [1.29, 1.82) is 0 Å². The molecule has 1 aliphatic carbocycles. The fourth-order valence-electron chi connectivity index (χ4n) is 1.77. The minimum absolute atomic E-state index is 0.00130. The smallest absolute Gasteiger partial charge is 0.253 e. The summed E-state index contributed by atoms with van der Waals surface area (Å²) in [5.74, 6) is 6.04. The van der Waals surface area contributed by atoms with Crippen LogP contribution in [0.25, 0.3) is 0 Å². The number of ether oxygens (including phenoxy) is 1. The van der Waals surface area contributed by atoms with E-state index in [1.165, 1.54) is 12.8 Å². The van der Waals surface area contributed by atoms with Gasteiger partial charge in [0.1, 0.15) is 0 Å². The molecular formula is C14H21N3O2. The van der Waals surface area contributed by atoms with Crippen LogP contribution in [0.15, 0.2) is 24.3 Å². The topological polar surface area (TPSA) is 67.6 Å². The van der Waals surface area contributed by atoms with E-state index in [4.69, 9.17) is 10.6 Å². The average molecular weight is 263 g/mol. The Kier molecular flexibility index (Phi) is 4.76. The van der Waals surface area contributed by atoms with Gasteiger partial charge in [0.2, 0.25) is 0 Å². The zero-order valence-corrected chi connectivity index (χ0v) is 11.3. The second-order valence-corrected chi connectivity index (χ2v) is 4.97. The maximum absolute atomic E-state index is 12.1. The molecule has 5 heteroatoms. The predicted octanol–water partition coefficient (Wildman–Crippen LogP) is 1.47. The van der Waals surface area contributed by atoms with Crippen LogP contribution in [0, 0.1) is 5.92 Å². The molecular weight excluding hydrogens is 242 g/mol. The zero-order chi connectivity index (χ0) is 13.7. The Bertz CT molecular complexity index is 415. The molecule has 1 aromatic carbocycles. The highest BCUT2D eigenvalue weighted by molar-refractivity contribution is 5.94. The van der Waals surface area contributed by atoms with Gasteiger partial charge in [-0.1, -0.05) is 0 Å². The number of nitrogens with zero attached hydrogens (tertiary/aromatic N) is 1. The van der Waals surface area contributed by atoms with E-state index < -0.39 is 0 Å². The normalized spacial score (nSPS) is 14.2. The summed E-state index contributed by atoms with van der Waals surface area (Å²) in [4.78, 5) is 13.8. The Balaban J connectivity index is 1.76. The Labute approximate surface area is 113 Å². The fourth-order valence-corrected chi connectivity index (χ4v) is 1.77. The molecule has 0 atom stereocenters. The van der Waals surface area contributed by atoms with Gasteiger partial charge in [0.25, 0.3) is 5.91 Å². The van der Waals surface area contributed by atoms with Gasteiger partial charge < -0.3 is 15.1 Å². The molecule has 0 bridgehead atoms. The summed E-state index contributed by atoms with van der Waals surface area (Å²) in [7, 11) is 1.79. The number of carbonyl (C=O) groups is 1. The standard InChI is InChI=1S/C14H21N3O2/c1-17(8-9-19-10-11-2-3-11)14(18)12-4-6-13(16-15)7-5-12/h4-7,11,16H,2-3,8-10,15H2,1H3. The van der Waals surface area contributed by atoms with Crippen LogP contribution in [0.4, 0.5) is 5.69 Å². The number of rotatable bonds is 7. The Morgan fingerprint density at radius 3 is 2.68 bits per heavy atom. The first kappa shape index (κ1) is 13.8. The lowest BCUT2D eigenvalue weighted by atomic mass is 10.2. The predicted molar refractivity (Wildman–Crippen MR) is 74.8 cm³/mol. The lowest BCUT2D eigenvalue weighted by molar-refractivity contribution is 0.0681. The van der Waals surface area contributed by atoms with Gasteiger partial charge in [-0.25, -0.2) is 0 Å². The van der Waals surface area contributed by atoms with Gasteiger partial charge in [-0.3, -0.25) is 10.6 Å². The van der Waals surface area contributed by atoms with Crippen molar-refractivity contribution in [3.05, 3.63) is 29.8 Å². The number of carbonyl (C=O) groups excluding carboxylic acids is 1. The molecule has 1 aliphatic rings. The number of anilines is 1. The molecule has 0 aromatic heterocycles. The number of nitrogens with one attached hydrogen (secondary N) is 1. The van der Waals surface area contributed by atoms with Crippen LogP contribution in [0.2, 0.25) is 0 Å². The molecule has 0 aliphatic heterocycles. The summed E-state index contributed by atoms with van der Waals surface area (Å²) in [5.41, 5.74) is 3.98. The first-order chi connectivity index (χ1) is 9.20. The third kappa shape index (κ3) is 4.22. The van der Waals surface area contributed by atoms with Crippen molar-refractivity contribution in [2.45, 2.75) is 12.8 Å². The molecule has 104 valence electrons. The number of likely N-dealkylation sites (N-methyl/N-ethyl adjacent to an activating group) is 1. The molecule has 1 fully saturated rings. The van der Waals surface area contributed by atoms with Gasteiger partial charge in [0.15, 0.2) is 0 Å². The molecule has 19 heavy (non-hydrogen) atoms. The van der Waals surface area contributed by atoms with Crippen LogP contribution in [-0.2, 0) is 4.74 Å². The summed E-state index contributed by atoms with van der Waals surface area (Å²) in [6.45, 7) is 2.04. The average Bonchev–Trinajstić information content (AvgIpc) is 3.27. The van der Waals surface area contributed by atoms with Crippen molar-refractivity contribution in [3.63, 3.8) is 0 Å². The first-order valence-corrected chi connectivity index (χ1v) is 6.60. The second kappa shape index (κ2) is 6.54. The summed E-state index contributed by atoms with van der Waals surface area (Å²) in [6, 6.07) is 7.09. The summed E-state index contributed by atoms with van der Waals surface area (Å²) >= 11 is 0. The molecule has 5 nitrogen and oxygen atoms in total. The molecule has 0 heterocycles. The molecule has 3 N–H and O–H groups in total.